The maximum Gasteiger partial charge on any atom is 0.267 e. The molecule has 0 unspecified atom stereocenters. The van der Waals surface area contributed by atoms with Gasteiger partial charge in [-0.25, -0.2) is 13.1 Å². The average molecular weight is 434 g/mol. The highest BCUT2D eigenvalue weighted by molar-refractivity contribution is 7.91. The number of benzene rings is 1. The maximum absolute atomic E-state index is 13.0. The standard InChI is InChI=1S/C21H27N3O5S/c1-15(2)12-23(17-10-11-30(27,28)14-17)21(26)13-24-20(25)9-8-19(22-24)16-4-6-18(29-3)7-5-16/h4-9,15,17H,10-14H2,1-3H3/t17-/m0/s1. The van der Waals surface area contributed by atoms with Gasteiger partial charge < -0.3 is 9.64 Å². The molecule has 162 valence electrons. The van der Waals surface area contributed by atoms with Crippen molar-refractivity contribution in [3.05, 3.63) is 46.8 Å². The fraction of sp³-hybridized carbons (Fsp3) is 0.476. The Morgan fingerprint density at radius 2 is 1.93 bits per heavy atom. The third-order valence-corrected chi connectivity index (χ3v) is 6.82. The van der Waals surface area contributed by atoms with Gasteiger partial charge in [-0.3, -0.25) is 9.59 Å². The van der Waals surface area contributed by atoms with E-state index >= 15 is 0 Å². The van der Waals surface area contributed by atoms with E-state index in [1.165, 1.54) is 6.07 Å². The fourth-order valence-electron chi connectivity index (χ4n) is 3.57. The minimum absolute atomic E-state index is 0.0281. The topological polar surface area (TPSA) is 98.6 Å². The summed E-state index contributed by atoms with van der Waals surface area (Å²) in [5.41, 5.74) is 0.964. The van der Waals surface area contributed by atoms with Crippen LogP contribution in [0, 0.1) is 5.92 Å². The lowest BCUT2D eigenvalue weighted by atomic mass is 10.1. The summed E-state index contributed by atoms with van der Waals surface area (Å²) in [5.74, 6) is 0.641. The van der Waals surface area contributed by atoms with Crippen molar-refractivity contribution in [1.29, 1.82) is 0 Å². The van der Waals surface area contributed by atoms with E-state index in [1.54, 1.807) is 30.2 Å². The molecule has 1 saturated heterocycles. The molecular formula is C21H27N3O5S. The Morgan fingerprint density at radius 1 is 1.23 bits per heavy atom. The predicted octanol–water partition coefficient (Wildman–Crippen LogP) is 1.59. The zero-order valence-electron chi connectivity index (χ0n) is 17.4. The molecule has 1 aromatic heterocycles. The number of carbonyl (C=O) groups is 1. The Labute approximate surface area is 176 Å². The average Bonchev–Trinajstić information content (AvgIpc) is 3.07. The molecule has 3 rings (SSSR count). The SMILES string of the molecule is COc1ccc(-c2ccc(=O)n(CC(=O)N(CC(C)C)[C@H]3CCS(=O)(=O)C3)n2)cc1. The van der Waals surface area contributed by atoms with Crippen molar-refractivity contribution in [2.45, 2.75) is 32.9 Å². The van der Waals surface area contributed by atoms with Crippen molar-refractivity contribution in [2.75, 3.05) is 25.2 Å². The van der Waals surface area contributed by atoms with Crippen LogP contribution in [0.25, 0.3) is 11.3 Å². The summed E-state index contributed by atoms with van der Waals surface area (Å²) in [6, 6.07) is 9.88. The largest absolute Gasteiger partial charge is 0.497 e. The second-order valence-corrected chi connectivity index (χ2v) is 10.2. The number of rotatable bonds is 7. The Kier molecular flexibility index (Phi) is 6.60. The molecule has 2 aromatic rings. The van der Waals surface area contributed by atoms with E-state index in [-0.39, 0.29) is 41.5 Å². The Morgan fingerprint density at radius 3 is 2.50 bits per heavy atom. The molecule has 1 amide bonds. The quantitative estimate of drug-likeness (QED) is 0.658. The monoisotopic (exact) mass is 433 g/mol. The van der Waals surface area contributed by atoms with E-state index in [0.29, 0.717) is 24.4 Å². The lowest BCUT2D eigenvalue weighted by molar-refractivity contribution is -0.134. The first-order chi connectivity index (χ1) is 14.2. The number of carbonyl (C=O) groups excluding carboxylic acids is 1. The second-order valence-electron chi connectivity index (χ2n) is 7.94. The summed E-state index contributed by atoms with van der Waals surface area (Å²) in [5, 5.41) is 4.35. The first-order valence-electron chi connectivity index (χ1n) is 9.91. The third kappa shape index (κ3) is 5.27. The predicted molar refractivity (Wildman–Crippen MR) is 114 cm³/mol. The van der Waals surface area contributed by atoms with E-state index in [1.807, 2.05) is 26.0 Å². The molecule has 0 bridgehead atoms. The molecule has 1 aliphatic heterocycles. The van der Waals surface area contributed by atoms with Crippen LogP contribution >= 0.6 is 0 Å². The summed E-state index contributed by atoms with van der Waals surface area (Å²) in [6.45, 7) is 4.15. The van der Waals surface area contributed by atoms with Gasteiger partial charge in [0.1, 0.15) is 12.3 Å². The van der Waals surface area contributed by atoms with Crippen molar-refractivity contribution >= 4 is 15.7 Å². The first-order valence-corrected chi connectivity index (χ1v) is 11.7. The highest BCUT2D eigenvalue weighted by Crippen LogP contribution is 2.21. The third-order valence-electron chi connectivity index (χ3n) is 5.07. The highest BCUT2D eigenvalue weighted by Gasteiger charge is 2.35. The Balaban J connectivity index is 1.83. The van der Waals surface area contributed by atoms with E-state index in [0.717, 1.165) is 10.2 Å². The zero-order chi connectivity index (χ0) is 21.9. The Bertz CT molecular complexity index is 1060. The van der Waals surface area contributed by atoms with Gasteiger partial charge in [0.15, 0.2) is 9.84 Å². The van der Waals surface area contributed by atoms with Gasteiger partial charge in [0.05, 0.1) is 24.3 Å². The van der Waals surface area contributed by atoms with E-state index < -0.39 is 9.84 Å². The van der Waals surface area contributed by atoms with Crippen molar-refractivity contribution in [3.8, 4) is 17.0 Å². The smallest absolute Gasteiger partial charge is 0.267 e. The number of hydrogen-bond donors (Lipinski definition) is 0. The molecule has 0 spiro atoms. The molecule has 1 aliphatic rings. The van der Waals surface area contributed by atoms with Gasteiger partial charge in [-0.2, -0.15) is 5.10 Å². The van der Waals surface area contributed by atoms with Gasteiger partial charge >= 0.3 is 0 Å². The second kappa shape index (κ2) is 8.99. The van der Waals surface area contributed by atoms with Crippen LogP contribution in [-0.2, 0) is 21.2 Å². The summed E-state index contributed by atoms with van der Waals surface area (Å²) in [4.78, 5) is 27.0. The number of hydrogen-bond acceptors (Lipinski definition) is 6. The Hall–Kier alpha value is -2.68. The van der Waals surface area contributed by atoms with Crippen molar-refractivity contribution < 1.29 is 17.9 Å². The molecule has 30 heavy (non-hydrogen) atoms. The van der Waals surface area contributed by atoms with Gasteiger partial charge in [-0.15, -0.1) is 0 Å². The van der Waals surface area contributed by atoms with Crippen molar-refractivity contribution in [1.82, 2.24) is 14.7 Å². The number of aromatic nitrogens is 2. The first kappa shape index (κ1) is 22.0. The summed E-state index contributed by atoms with van der Waals surface area (Å²) >= 11 is 0. The molecule has 0 saturated carbocycles. The maximum atomic E-state index is 13.0. The number of methoxy groups -OCH3 is 1. The van der Waals surface area contributed by atoms with E-state index in [9.17, 15) is 18.0 Å². The van der Waals surface area contributed by atoms with Crippen LogP contribution in [0.4, 0.5) is 0 Å². The van der Waals surface area contributed by atoms with E-state index in [4.69, 9.17) is 4.74 Å². The van der Waals surface area contributed by atoms with E-state index in [2.05, 4.69) is 5.10 Å². The summed E-state index contributed by atoms with van der Waals surface area (Å²) < 4.78 is 30.1. The van der Waals surface area contributed by atoms with Crippen molar-refractivity contribution in [2.24, 2.45) is 5.92 Å². The van der Waals surface area contributed by atoms with Gasteiger partial charge in [0, 0.05) is 24.2 Å². The molecule has 0 N–H and O–H groups in total. The molecule has 0 aliphatic carbocycles. The molecule has 1 atom stereocenters. The number of sulfone groups is 1. The summed E-state index contributed by atoms with van der Waals surface area (Å²) in [7, 11) is -1.55. The number of ether oxygens (including phenoxy) is 1. The van der Waals surface area contributed by atoms with Crippen molar-refractivity contribution in [3.63, 3.8) is 0 Å². The summed E-state index contributed by atoms with van der Waals surface area (Å²) in [6.07, 6.45) is 0.426. The lowest BCUT2D eigenvalue weighted by Crippen LogP contribution is -2.46. The van der Waals surface area contributed by atoms with Gasteiger partial charge in [0.2, 0.25) is 5.91 Å². The molecular weight excluding hydrogens is 406 g/mol. The number of amides is 1. The van der Waals surface area contributed by atoms with Crippen LogP contribution in [0.2, 0.25) is 0 Å². The van der Waals surface area contributed by atoms with Crippen LogP contribution in [0.5, 0.6) is 5.75 Å². The lowest BCUT2D eigenvalue weighted by Gasteiger charge is -2.30. The minimum Gasteiger partial charge on any atom is -0.497 e. The normalized spacial score (nSPS) is 17.8. The molecule has 8 nitrogen and oxygen atoms in total. The molecule has 2 heterocycles. The highest BCUT2D eigenvalue weighted by atomic mass is 32.2. The van der Waals surface area contributed by atoms with Crippen LogP contribution in [0.15, 0.2) is 41.2 Å². The minimum atomic E-state index is -3.13. The van der Waals surface area contributed by atoms with Crippen LogP contribution < -0.4 is 10.3 Å². The zero-order valence-corrected chi connectivity index (χ0v) is 18.3. The van der Waals surface area contributed by atoms with Crippen LogP contribution in [0.3, 0.4) is 0 Å². The molecule has 0 radical (unpaired) electrons. The molecule has 1 aromatic carbocycles. The van der Waals surface area contributed by atoms with Gasteiger partial charge in [-0.1, -0.05) is 13.8 Å². The number of nitrogens with zero attached hydrogens (tertiary/aromatic N) is 3. The molecule has 1 fully saturated rings. The van der Waals surface area contributed by atoms with Crippen LogP contribution in [0.1, 0.15) is 20.3 Å². The van der Waals surface area contributed by atoms with Gasteiger partial charge in [-0.05, 0) is 42.7 Å². The van der Waals surface area contributed by atoms with Crippen LogP contribution in [-0.4, -0.2) is 60.2 Å². The molecule has 9 heteroatoms. The van der Waals surface area contributed by atoms with Gasteiger partial charge in [0.25, 0.3) is 5.56 Å². The fourth-order valence-corrected chi connectivity index (χ4v) is 5.30.